The minimum Gasteiger partial charge on any atom is -0.480 e. The number of nitrogens with one attached hydrogen (secondary N) is 1. The van der Waals surface area contributed by atoms with E-state index in [0.29, 0.717) is 21.5 Å². The zero-order chi connectivity index (χ0) is 11.7. The number of anilines is 1. The molecule has 0 spiro atoms. The van der Waals surface area contributed by atoms with Crippen LogP contribution in [-0.4, -0.2) is 37.4 Å². The van der Waals surface area contributed by atoms with Gasteiger partial charge in [0.2, 0.25) is 0 Å². The molecular weight excluding hydrogens is 278 g/mol. The van der Waals surface area contributed by atoms with Gasteiger partial charge in [0.05, 0.1) is 5.39 Å². The van der Waals surface area contributed by atoms with E-state index < -0.39 is 5.97 Å². The van der Waals surface area contributed by atoms with E-state index in [1.807, 2.05) is 0 Å². The van der Waals surface area contributed by atoms with Gasteiger partial charge in [0.25, 0.3) is 0 Å². The molecule has 0 aliphatic rings. The number of hydrogen-bond donors (Lipinski definition) is 2. The van der Waals surface area contributed by atoms with E-state index >= 15 is 0 Å². The number of fused-ring (bicyclic) bond motifs is 1. The minimum atomic E-state index is -0.952. The van der Waals surface area contributed by atoms with Crippen molar-refractivity contribution in [2.75, 3.05) is 11.9 Å². The maximum atomic E-state index is 10.5. The molecule has 16 heavy (non-hydrogen) atoms. The molecule has 0 atom stereocenters. The van der Waals surface area contributed by atoms with Crippen LogP contribution < -0.4 is 5.32 Å². The lowest BCUT2D eigenvalue weighted by molar-refractivity contribution is -0.134. The van der Waals surface area contributed by atoms with Crippen molar-refractivity contribution in [1.82, 2.24) is 19.7 Å². The molecule has 2 rings (SSSR count). The van der Waals surface area contributed by atoms with Crippen LogP contribution in [0.3, 0.4) is 0 Å². The van der Waals surface area contributed by atoms with Crippen LogP contribution in [0.4, 0.5) is 5.82 Å². The third-order valence-electron chi connectivity index (χ3n) is 1.98. The Kier molecular flexibility index (Phi) is 2.73. The molecule has 0 saturated carbocycles. The molecule has 0 aromatic carbocycles. The van der Waals surface area contributed by atoms with Gasteiger partial charge in [0.1, 0.15) is 23.3 Å². The van der Waals surface area contributed by atoms with E-state index in [2.05, 4.69) is 36.3 Å². The molecule has 0 radical (unpaired) electrons. The summed E-state index contributed by atoms with van der Waals surface area (Å²) < 4.78 is 2.17. The minimum absolute atomic E-state index is 0.201. The van der Waals surface area contributed by atoms with Crippen molar-refractivity contribution < 1.29 is 9.90 Å². The second-order valence-electron chi connectivity index (χ2n) is 3.08. The summed E-state index contributed by atoms with van der Waals surface area (Å²) in [5.41, 5.74) is 0.634. The Bertz CT molecular complexity index is 553. The van der Waals surface area contributed by atoms with Gasteiger partial charge in [-0.05, 0) is 15.9 Å². The van der Waals surface area contributed by atoms with Gasteiger partial charge >= 0.3 is 5.97 Å². The van der Waals surface area contributed by atoms with Crippen LogP contribution in [0.1, 0.15) is 0 Å². The van der Waals surface area contributed by atoms with Crippen LogP contribution in [0.5, 0.6) is 0 Å². The number of carbonyl (C=O) groups is 1. The first-order valence-corrected chi connectivity index (χ1v) is 5.17. The first-order valence-electron chi connectivity index (χ1n) is 4.38. The van der Waals surface area contributed by atoms with Crippen LogP contribution in [0, 0.1) is 0 Å². The summed E-state index contributed by atoms with van der Waals surface area (Å²) in [6.45, 7) is -0.201. The van der Waals surface area contributed by atoms with Crippen molar-refractivity contribution in [2.24, 2.45) is 7.05 Å². The molecule has 0 unspecified atom stereocenters. The Labute approximate surface area is 98.6 Å². The Morgan fingerprint density at radius 1 is 1.62 bits per heavy atom. The zero-order valence-corrected chi connectivity index (χ0v) is 9.89. The van der Waals surface area contributed by atoms with Crippen LogP contribution in [0.2, 0.25) is 0 Å². The highest BCUT2D eigenvalue weighted by atomic mass is 79.9. The predicted molar refractivity (Wildman–Crippen MR) is 60.1 cm³/mol. The number of nitrogens with zero attached hydrogens (tertiary/aromatic N) is 4. The Balaban J connectivity index is 2.48. The van der Waals surface area contributed by atoms with Crippen molar-refractivity contribution in [3.63, 3.8) is 0 Å². The third-order valence-corrected chi connectivity index (χ3v) is 2.54. The largest absolute Gasteiger partial charge is 0.480 e. The topological polar surface area (TPSA) is 92.9 Å². The number of aromatic nitrogens is 4. The molecule has 0 fully saturated rings. The fraction of sp³-hybridized carbons (Fsp3) is 0.250. The monoisotopic (exact) mass is 285 g/mol. The van der Waals surface area contributed by atoms with Gasteiger partial charge in [-0.25, -0.2) is 14.6 Å². The van der Waals surface area contributed by atoms with Crippen LogP contribution >= 0.6 is 15.9 Å². The van der Waals surface area contributed by atoms with E-state index in [9.17, 15) is 4.79 Å². The van der Waals surface area contributed by atoms with Gasteiger partial charge in [0.15, 0.2) is 5.65 Å². The summed E-state index contributed by atoms with van der Waals surface area (Å²) in [7, 11) is 1.75. The first-order chi connectivity index (χ1) is 7.59. The molecular formula is C8H8BrN5O2. The molecule has 7 nitrogen and oxygen atoms in total. The number of rotatable bonds is 3. The number of carboxylic acids is 1. The number of hydrogen-bond acceptors (Lipinski definition) is 5. The van der Waals surface area contributed by atoms with Crippen molar-refractivity contribution in [1.29, 1.82) is 0 Å². The molecule has 0 saturated heterocycles. The van der Waals surface area contributed by atoms with Gasteiger partial charge in [-0.15, -0.1) is 0 Å². The van der Waals surface area contributed by atoms with Crippen molar-refractivity contribution in [3.05, 3.63) is 10.9 Å². The maximum absolute atomic E-state index is 10.5. The summed E-state index contributed by atoms with van der Waals surface area (Å²) in [6.07, 6.45) is 1.36. The molecule has 2 aromatic rings. The normalized spacial score (nSPS) is 10.6. The summed E-state index contributed by atoms with van der Waals surface area (Å²) in [5.74, 6) is -0.501. The third kappa shape index (κ3) is 1.83. The van der Waals surface area contributed by atoms with Crippen molar-refractivity contribution in [3.8, 4) is 0 Å². The van der Waals surface area contributed by atoms with Crippen LogP contribution in [-0.2, 0) is 11.8 Å². The second kappa shape index (κ2) is 4.05. The highest BCUT2D eigenvalue weighted by molar-refractivity contribution is 9.10. The summed E-state index contributed by atoms with van der Waals surface area (Å²) in [5, 5.41) is 16.1. The Morgan fingerprint density at radius 2 is 2.38 bits per heavy atom. The first kappa shape index (κ1) is 10.8. The van der Waals surface area contributed by atoms with E-state index in [-0.39, 0.29) is 6.54 Å². The quantitative estimate of drug-likeness (QED) is 0.859. The number of aliphatic carboxylic acids is 1. The second-order valence-corrected chi connectivity index (χ2v) is 3.83. The molecule has 0 aliphatic carbocycles. The highest BCUT2D eigenvalue weighted by Crippen LogP contribution is 2.26. The summed E-state index contributed by atoms with van der Waals surface area (Å²) >= 11 is 3.28. The molecule has 2 heterocycles. The fourth-order valence-corrected chi connectivity index (χ4v) is 1.94. The molecule has 2 N–H and O–H groups in total. The van der Waals surface area contributed by atoms with Crippen molar-refractivity contribution in [2.45, 2.75) is 0 Å². The summed E-state index contributed by atoms with van der Waals surface area (Å²) in [6, 6.07) is 0. The van der Waals surface area contributed by atoms with E-state index in [1.165, 1.54) is 6.33 Å². The van der Waals surface area contributed by atoms with E-state index in [4.69, 9.17) is 5.11 Å². The average molecular weight is 286 g/mol. The Morgan fingerprint density at radius 3 is 3.06 bits per heavy atom. The smallest absolute Gasteiger partial charge is 0.322 e. The SMILES string of the molecule is Cn1nc(Br)c2c(NCC(=O)O)ncnc21. The van der Waals surface area contributed by atoms with E-state index in [0.717, 1.165) is 0 Å². The van der Waals surface area contributed by atoms with Crippen LogP contribution in [0.15, 0.2) is 10.9 Å². The van der Waals surface area contributed by atoms with Gasteiger partial charge in [-0.1, -0.05) is 0 Å². The average Bonchev–Trinajstić information content (AvgIpc) is 2.52. The lowest BCUT2D eigenvalue weighted by Gasteiger charge is -2.02. The zero-order valence-electron chi connectivity index (χ0n) is 8.31. The lowest BCUT2D eigenvalue weighted by Crippen LogP contribution is -2.13. The molecule has 2 aromatic heterocycles. The summed E-state index contributed by atoms with van der Waals surface area (Å²) in [4.78, 5) is 18.5. The lowest BCUT2D eigenvalue weighted by atomic mass is 10.4. The highest BCUT2D eigenvalue weighted by Gasteiger charge is 2.13. The standard InChI is InChI=1S/C8H8BrN5O2/c1-14-8-5(6(9)13-14)7(11-3-12-8)10-2-4(15)16/h3H,2H2,1H3,(H,15,16)(H,10,11,12). The molecule has 0 bridgehead atoms. The predicted octanol–water partition coefficient (Wildman–Crippen LogP) is 0.622. The number of aryl methyl sites for hydroxylation is 1. The van der Waals surface area contributed by atoms with E-state index in [1.54, 1.807) is 11.7 Å². The van der Waals surface area contributed by atoms with Gasteiger partial charge in [-0.3, -0.25) is 4.79 Å². The fourth-order valence-electron chi connectivity index (χ4n) is 1.33. The maximum Gasteiger partial charge on any atom is 0.322 e. The Hall–Kier alpha value is -1.70. The number of carboxylic acid groups (broad SMARTS) is 1. The van der Waals surface area contributed by atoms with Crippen molar-refractivity contribution >= 4 is 38.8 Å². The molecule has 0 amide bonds. The number of halogens is 1. The van der Waals surface area contributed by atoms with Gasteiger partial charge in [0, 0.05) is 7.05 Å². The van der Waals surface area contributed by atoms with Gasteiger partial charge < -0.3 is 10.4 Å². The van der Waals surface area contributed by atoms with Gasteiger partial charge in [-0.2, -0.15) is 5.10 Å². The molecule has 84 valence electrons. The molecule has 8 heteroatoms. The molecule has 0 aliphatic heterocycles. The van der Waals surface area contributed by atoms with Crippen LogP contribution in [0.25, 0.3) is 11.0 Å².